The molecule has 16 heavy (non-hydrogen) atoms. The number of amides is 1. The first-order valence-electron chi connectivity index (χ1n) is 4.91. The summed E-state index contributed by atoms with van der Waals surface area (Å²) in [5.41, 5.74) is 0.381. The molecule has 0 radical (unpaired) electrons. The summed E-state index contributed by atoms with van der Waals surface area (Å²) in [6, 6.07) is 0. The molecule has 90 valence electrons. The largest absolute Gasteiger partial charge is 0.444 e. The molecule has 0 spiro atoms. The van der Waals surface area contributed by atoms with Gasteiger partial charge in [0.15, 0.2) is 5.13 Å². The number of thiazole rings is 1. The van der Waals surface area contributed by atoms with E-state index in [1.165, 1.54) is 11.3 Å². The first kappa shape index (κ1) is 13.3. The minimum atomic E-state index is -0.500. The van der Waals surface area contributed by atoms with Crippen LogP contribution in [0.3, 0.4) is 0 Å². The lowest BCUT2D eigenvalue weighted by molar-refractivity contribution is 0.0636. The molecule has 1 aromatic rings. The first-order valence-corrected chi connectivity index (χ1v) is 6.32. The van der Waals surface area contributed by atoms with E-state index in [1.54, 1.807) is 0 Å². The van der Waals surface area contributed by atoms with Crippen molar-refractivity contribution in [3.8, 4) is 0 Å². The molecule has 0 saturated carbocycles. The van der Waals surface area contributed by atoms with E-state index >= 15 is 0 Å². The average molecular weight is 263 g/mol. The summed E-state index contributed by atoms with van der Waals surface area (Å²) < 4.78 is 5.10. The lowest BCUT2D eigenvalue weighted by Crippen LogP contribution is -2.27. The van der Waals surface area contributed by atoms with E-state index in [9.17, 15) is 4.79 Å². The molecule has 0 unspecified atom stereocenters. The summed E-state index contributed by atoms with van der Waals surface area (Å²) >= 11 is 6.95. The van der Waals surface area contributed by atoms with Crippen molar-refractivity contribution in [3.05, 3.63) is 11.1 Å². The number of anilines is 1. The number of nitrogens with zero attached hydrogens (tertiary/aromatic N) is 1. The second kappa shape index (κ2) is 5.50. The van der Waals surface area contributed by atoms with Gasteiger partial charge in [-0.2, -0.15) is 0 Å². The van der Waals surface area contributed by atoms with Crippen molar-refractivity contribution in [1.82, 2.24) is 4.98 Å². The summed E-state index contributed by atoms with van der Waals surface area (Å²) in [5.74, 6) is 0.523. The number of carbonyl (C=O) groups is 1. The van der Waals surface area contributed by atoms with Crippen LogP contribution in [0.15, 0.2) is 5.38 Å². The maximum absolute atomic E-state index is 11.4. The fraction of sp³-hybridized carbons (Fsp3) is 0.600. The van der Waals surface area contributed by atoms with Gasteiger partial charge in [0.05, 0.1) is 5.69 Å². The highest BCUT2D eigenvalue weighted by molar-refractivity contribution is 7.13. The van der Waals surface area contributed by atoms with Gasteiger partial charge in [-0.3, -0.25) is 5.32 Å². The van der Waals surface area contributed by atoms with Crippen LogP contribution < -0.4 is 5.32 Å². The molecule has 0 aliphatic carbocycles. The molecular weight excluding hydrogens is 248 g/mol. The van der Waals surface area contributed by atoms with Gasteiger partial charge in [-0.25, -0.2) is 9.78 Å². The molecule has 0 saturated heterocycles. The van der Waals surface area contributed by atoms with Crippen molar-refractivity contribution in [1.29, 1.82) is 0 Å². The number of hydrogen-bond acceptors (Lipinski definition) is 4. The van der Waals surface area contributed by atoms with E-state index < -0.39 is 11.7 Å². The predicted molar refractivity (Wildman–Crippen MR) is 66.4 cm³/mol. The Morgan fingerprint density at radius 3 is 2.88 bits per heavy atom. The number of aryl methyl sites for hydroxylation is 1. The molecule has 0 fully saturated rings. The van der Waals surface area contributed by atoms with Gasteiger partial charge in [-0.05, 0) is 20.8 Å². The molecule has 1 aromatic heterocycles. The van der Waals surface area contributed by atoms with Gasteiger partial charge in [0.25, 0.3) is 0 Å². The Labute approximate surface area is 104 Å². The van der Waals surface area contributed by atoms with Crippen molar-refractivity contribution in [2.24, 2.45) is 0 Å². The summed E-state index contributed by atoms with van der Waals surface area (Å²) in [5, 5.41) is 4.99. The molecule has 4 nitrogen and oxygen atoms in total. The van der Waals surface area contributed by atoms with Gasteiger partial charge in [0.1, 0.15) is 5.60 Å². The summed E-state index contributed by atoms with van der Waals surface area (Å²) in [6.07, 6.45) is 0.216. The molecule has 1 rings (SSSR count). The number of rotatable bonds is 3. The van der Waals surface area contributed by atoms with Crippen LogP contribution in [0.5, 0.6) is 0 Å². The van der Waals surface area contributed by atoms with E-state index in [2.05, 4.69) is 10.3 Å². The van der Waals surface area contributed by atoms with Crippen LogP contribution in [0.4, 0.5) is 9.93 Å². The van der Waals surface area contributed by atoms with Crippen LogP contribution in [-0.2, 0) is 11.2 Å². The normalized spacial score (nSPS) is 11.2. The number of ether oxygens (including phenoxy) is 1. The lowest BCUT2D eigenvalue weighted by atomic mass is 10.2. The maximum atomic E-state index is 11.4. The van der Waals surface area contributed by atoms with E-state index in [0.717, 1.165) is 5.69 Å². The van der Waals surface area contributed by atoms with Crippen molar-refractivity contribution in [2.45, 2.75) is 32.8 Å². The molecule has 1 amide bonds. The molecule has 0 bridgehead atoms. The smallest absolute Gasteiger partial charge is 0.413 e. The highest BCUT2D eigenvalue weighted by Gasteiger charge is 2.17. The van der Waals surface area contributed by atoms with Crippen LogP contribution in [0, 0.1) is 0 Å². The van der Waals surface area contributed by atoms with E-state index in [-0.39, 0.29) is 0 Å². The van der Waals surface area contributed by atoms with Crippen LogP contribution in [0.25, 0.3) is 0 Å². The Kier molecular flexibility index (Phi) is 4.56. The van der Waals surface area contributed by atoms with Crippen molar-refractivity contribution in [3.63, 3.8) is 0 Å². The molecule has 1 N–H and O–H groups in total. The second-order valence-corrected chi connectivity index (χ2v) is 5.45. The molecule has 0 aromatic carbocycles. The number of aromatic nitrogens is 1. The fourth-order valence-electron chi connectivity index (χ4n) is 0.967. The quantitative estimate of drug-likeness (QED) is 0.851. The van der Waals surface area contributed by atoms with E-state index in [4.69, 9.17) is 16.3 Å². The van der Waals surface area contributed by atoms with Gasteiger partial charge < -0.3 is 4.74 Å². The zero-order valence-electron chi connectivity index (χ0n) is 9.54. The van der Waals surface area contributed by atoms with Crippen LogP contribution >= 0.6 is 22.9 Å². The van der Waals surface area contributed by atoms with Gasteiger partial charge >= 0.3 is 6.09 Å². The second-order valence-electron chi connectivity index (χ2n) is 4.21. The lowest BCUT2D eigenvalue weighted by Gasteiger charge is -2.18. The number of halogens is 1. The van der Waals surface area contributed by atoms with Crippen molar-refractivity contribution < 1.29 is 9.53 Å². The maximum Gasteiger partial charge on any atom is 0.413 e. The van der Waals surface area contributed by atoms with Crippen LogP contribution in [0.1, 0.15) is 26.5 Å². The SMILES string of the molecule is CC(C)(C)OC(=O)Nc1nc(CCCl)cs1. The van der Waals surface area contributed by atoms with Gasteiger partial charge in [0.2, 0.25) is 0 Å². The average Bonchev–Trinajstić information content (AvgIpc) is 2.49. The van der Waals surface area contributed by atoms with Gasteiger partial charge in [-0.15, -0.1) is 22.9 Å². The van der Waals surface area contributed by atoms with E-state index in [1.807, 2.05) is 26.2 Å². The fourth-order valence-corrected chi connectivity index (χ4v) is 1.89. The van der Waals surface area contributed by atoms with E-state index in [0.29, 0.717) is 17.4 Å². The Bertz CT molecular complexity index is 360. The van der Waals surface area contributed by atoms with Crippen LogP contribution in [-0.4, -0.2) is 22.6 Å². The number of nitrogens with one attached hydrogen (secondary N) is 1. The Hall–Kier alpha value is -0.810. The third-order valence-corrected chi connectivity index (χ3v) is 2.51. The summed E-state index contributed by atoms with van der Waals surface area (Å²) in [6.45, 7) is 5.44. The zero-order valence-corrected chi connectivity index (χ0v) is 11.1. The van der Waals surface area contributed by atoms with Crippen molar-refractivity contribution in [2.75, 3.05) is 11.2 Å². The number of carbonyl (C=O) groups excluding carboxylic acids is 1. The molecule has 1 heterocycles. The molecule has 0 aliphatic rings. The Balaban J connectivity index is 2.50. The van der Waals surface area contributed by atoms with Crippen molar-refractivity contribution >= 4 is 34.2 Å². The molecule has 6 heteroatoms. The topological polar surface area (TPSA) is 51.2 Å². The number of alkyl halides is 1. The Morgan fingerprint density at radius 1 is 1.62 bits per heavy atom. The minimum absolute atomic E-state index is 0.487. The highest BCUT2D eigenvalue weighted by atomic mass is 35.5. The monoisotopic (exact) mass is 262 g/mol. The molecular formula is C10H15ClN2O2S. The predicted octanol–water partition coefficient (Wildman–Crippen LogP) is 3.27. The van der Waals surface area contributed by atoms with Gasteiger partial charge in [-0.1, -0.05) is 0 Å². The Morgan fingerprint density at radius 2 is 2.31 bits per heavy atom. The molecule has 0 aliphatic heterocycles. The van der Waals surface area contributed by atoms with Crippen LogP contribution in [0.2, 0.25) is 0 Å². The summed E-state index contributed by atoms with van der Waals surface area (Å²) in [4.78, 5) is 15.6. The first-order chi connectivity index (χ1) is 7.40. The van der Waals surface area contributed by atoms with Gasteiger partial charge in [0, 0.05) is 17.7 Å². The molecule has 0 atom stereocenters. The third kappa shape index (κ3) is 4.81. The highest BCUT2D eigenvalue weighted by Crippen LogP contribution is 2.17. The zero-order chi connectivity index (χ0) is 12.2. The third-order valence-electron chi connectivity index (χ3n) is 1.51. The standard InChI is InChI=1S/C10H15ClN2O2S/c1-10(2,3)15-9(14)13-8-12-7(4-5-11)6-16-8/h6H,4-5H2,1-3H3,(H,12,13,14). The number of hydrogen-bond donors (Lipinski definition) is 1. The summed E-state index contributed by atoms with van der Waals surface area (Å²) in [7, 11) is 0. The minimum Gasteiger partial charge on any atom is -0.444 e.